The van der Waals surface area contributed by atoms with E-state index in [0.29, 0.717) is 44.6 Å². The Bertz CT molecular complexity index is 777. The number of likely N-dealkylation sites (tertiary alicyclic amines) is 2. The summed E-state index contributed by atoms with van der Waals surface area (Å²) in [5.41, 5.74) is -0.444. The number of ether oxygens (including phenoxy) is 1. The van der Waals surface area contributed by atoms with Gasteiger partial charge < -0.3 is 19.9 Å². The number of carbonyl (C=O) groups excluding carboxylic acids is 4. The Morgan fingerprint density at radius 1 is 1.35 bits per heavy atom. The van der Waals surface area contributed by atoms with E-state index in [1.54, 1.807) is 17.9 Å². The minimum absolute atomic E-state index is 0.0642. The van der Waals surface area contributed by atoms with Crippen LogP contribution in [0.3, 0.4) is 0 Å². The number of allylic oxidation sites excluding steroid dienone is 1. The number of rotatable bonds is 10. The lowest BCUT2D eigenvalue weighted by Gasteiger charge is -2.35. The van der Waals surface area contributed by atoms with Crippen molar-refractivity contribution in [2.45, 2.75) is 51.9 Å². The number of amides is 3. The Labute approximate surface area is 183 Å². The molecule has 0 unspecified atom stereocenters. The van der Waals surface area contributed by atoms with Gasteiger partial charge in [0.2, 0.25) is 17.7 Å². The van der Waals surface area contributed by atoms with Crippen LogP contribution >= 0.6 is 0 Å². The summed E-state index contributed by atoms with van der Waals surface area (Å²) in [6.07, 6.45) is 7.69. The molecule has 1 N–H and O–H groups in total. The van der Waals surface area contributed by atoms with Crippen molar-refractivity contribution in [2.24, 2.45) is 11.3 Å². The molecule has 2 saturated heterocycles. The molecule has 3 rings (SSSR count). The lowest BCUT2D eigenvalue weighted by molar-refractivity contribution is -0.158. The van der Waals surface area contributed by atoms with Crippen LogP contribution in [0.4, 0.5) is 0 Å². The molecule has 0 aromatic carbocycles. The van der Waals surface area contributed by atoms with Crippen molar-refractivity contribution in [1.82, 2.24) is 15.1 Å². The third-order valence-electron chi connectivity index (χ3n) is 6.46. The predicted molar refractivity (Wildman–Crippen MR) is 114 cm³/mol. The topological polar surface area (TPSA) is 96.0 Å². The molecular formula is C23H33N3O5. The molecule has 3 aliphatic rings. The number of hydrogen-bond donors (Lipinski definition) is 1. The molecule has 8 heteroatoms. The van der Waals surface area contributed by atoms with Gasteiger partial charge in [-0.2, -0.15) is 0 Å². The van der Waals surface area contributed by atoms with Gasteiger partial charge in [0.05, 0.1) is 12.5 Å². The molecule has 3 amide bonds. The first kappa shape index (κ1) is 23.0. The third-order valence-corrected chi connectivity index (χ3v) is 6.46. The molecule has 0 saturated carbocycles. The molecule has 1 aliphatic carbocycles. The van der Waals surface area contributed by atoms with E-state index in [4.69, 9.17) is 4.74 Å². The van der Waals surface area contributed by atoms with Crippen LogP contribution < -0.4 is 5.32 Å². The van der Waals surface area contributed by atoms with Crippen molar-refractivity contribution in [1.29, 1.82) is 0 Å². The highest BCUT2D eigenvalue weighted by atomic mass is 16.5. The van der Waals surface area contributed by atoms with Gasteiger partial charge in [0.1, 0.15) is 5.41 Å². The van der Waals surface area contributed by atoms with Crippen LogP contribution in [0.1, 0.15) is 51.9 Å². The average molecular weight is 432 g/mol. The molecule has 170 valence electrons. The van der Waals surface area contributed by atoms with E-state index in [-0.39, 0.29) is 30.7 Å². The molecule has 0 radical (unpaired) electrons. The first-order valence-electron chi connectivity index (χ1n) is 11.3. The highest BCUT2D eigenvalue weighted by Gasteiger charge is 2.61. The van der Waals surface area contributed by atoms with E-state index < -0.39 is 17.3 Å². The van der Waals surface area contributed by atoms with E-state index in [1.165, 1.54) is 0 Å². The molecule has 0 bridgehead atoms. The van der Waals surface area contributed by atoms with Gasteiger partial charge in [-0.05, 0) is 39.0 Å². The zero-order valence-electron chi connectivity index (χ0n) is 18.4. The second kappa shape index (κ2) is 10.1. The maximum absolute atomic E-state index is 13.3. The summed E-state index contributed by atoms with van der Waals surface area (Å²) in [4.78, 5) is 54.1. The van der Waals surface area contributed by atoms with Crippen LogP contribution in [0.25, 0.3) is 0 Å². The molecule has 8 nitrogen and oxygen atoms in total. The Kier molecular flexibility index (Phi) is 7.51. The molecule has 2 heterocycles. The highest BCUT2D eigenvalue weighted by molar-refractivity contribution is 5.99. The van der Waals surface area contributed by atoms with Gasteiger partial charge in [-0.25, -0.2) is 0 Å². The van der Waals surface area contributed by atoms with Crippen molar-refractivity contribution >= 4 is 23.7 Å². The number of nitrogens with zero attached hydrogens (tertiary/aromatic N) is 2. The molecule has 0 spiro atoms. The molecule has 31 heavy (non-hydrogen) atoms. The maximum atomic E-state index is 13.3. The van der Waals surface area contributed by atoms with E-state index in [0.717, 1.165) is 25.8 Å². The Morgan fingerprint density at radius 3 is 2.84 bits per heavy atom. The zero-order chi connectivity index (χ0) is 22.4. The largest absolute Gasteiger partial charge is 0.465 e. The molecule has 2 atom stereocenters. The molecule has 0 aromatic heterocycles. The van der Waals surface area contributed by atoms with Crippen LogP contribution in [-0.4, -0.2) is 66.3 Å². The minimum Gasteiger partial charge on any atom is -0.465 e. The van der Waals surface area contributed by atoms with Gasteiger partial charge in [-0.1, -0.05) is 12.2 Å². The smallest absolute Gasteiger partial charge is 0.318 e. The van der Waals surface area contributed by atoms with Crippen LogP contribution in [0.2, 0.25) is 0 Å². The van der Waals surface area contributed by atoms with Crippen molar-refractivity contribution in [3.05, 3.63) is 24.4 Å². The van der Waals surface area contributed by atoms with Gasteiger partial charge >= 0.3 is 5.97 Å². The van der Waals surface area contributed by atoms with Crippen LogP contribution in [0.5, 0.6) is 0 Å². The number of nitrogens with one attached hydrogen (secondary N) is 1. The van der Waals surface area contributed by atoms with Gasteiger partial charge in [-0.15, -0.1) is 6.58 Å². The fraction of sp³-hybridized carbons (Fsp3) is 0.652. The van der Waals surface area contributed by atoms with Crippen LogP contribution in [-0.2, 0) is 23.9 Å². The molecular weight excluding hydrogens is 398 g/mol. The summed E-state index contributed by atoms with van der Waals surface area (Å²) in [5.74, 6) is -1.53. The zero-order valence-corrected chi connectivity index (χ0v) is 18.4. The number of hydrogen-bond acceptors (Lipinski definition) is 5. The van der Waals surface area contributed by atoms with Crippen molar-refractivity contribution in [3.8, 4) is 0 Å². The van der Waals surface area contributed by atoms with E-state index in [2.05, 4.69) is 11.9 Å². The molecule has 2 fully saturated rings. The number of carbonyl (C=O) groups is 4. The lowest BCUT2D eigenvalue weighted by atomic mass is 9.68. The van der Waals surface area contributed by atoms with E-state index in [1.807, 2.05) is 11.0 Å². The summed E-state index contributed by atoms with van der Waals surface area (Å²) in [7, 11) is 0. The van der Waals surface area contributed by atoms with Gasteiger partial charge in [0.25, 0.3) is 0 Å². The minimum atomic E-state index is -1.10. The number of fused-ring (bicyclic) bond motifs is 1. The number of esters is 1. The van der Waals surface area contributed by atoms with Crippen molar-refractivity contribution in [3.63, 3.8) is 0 Å². The third kappa shape index (κ3) is 4.52. The first-order valence-corrected chi connectivity index (χ1v) is 11.3. The summed E-state index contributed by atoms with van der Waals surface area (Å²) >= 11 is 0. The lowest BCUT2D eigenvalue weighted by Crippen LogP contribution is -2.43. The van der Waals surface area contributed by atoms with Crippen LogP contribution in [0.15, 0.2) is 24.4 Å². The highest BCUT2D eigenvalue weighted by Crippen LogP contribution is 2.53. The first-order chi connectivity index (χ1) is 15.0. The second-order valence-electron chi connectivity index (χ2n) is 8.36. The van der Waals surface area contributed by atoms with Crippen molar-refractivity contribution < 1.29 is 23.9 Å². The van der Waals surface area contributed by atoms with Crippen LogP contribution in [0, 0.1) is 11.3 Å². The summed E-state index contributed by atoms with van der Waals surface area (Å²) in [5, 5.41) is 2.86. The Balaban J connectivity index is 1.68. The van der Waals surface area contributed by atoms with Crippen molar-refractivity contribution in [2.75, 3.05) is 32.8 Å². The molecule has 0 aromatic rings. The fourth-order valence-electron chi connectivity index (χ4n) is 5.03. The predicted octanol–water partition coefficient (Wildman–Crippen LogP) is 1.77. The Hall–Kier alpha value is -2.64. The summed E-state index contributed by atoms with van der Waals surface area (Å²) < 4.78 is 5.38. The molecule has 2 aliphatic heterocycles. The summed E-state index contributed by atoms with van der Waals surface area (Å²) in [6, 6.07) is 0. The van der Waals surface area contributed by atoms with Gasteiger partial charge in [-0.3, -0.25) is 19.2 Å². The SMILES string of the molecule is C=CCN1C(=O)[C@H](CC(=O)NCCCN2CCCC2=O)[C@@]2(C(=O)OCC)CCCC=C12. The van der Waals surface area contributed by atoms with E-state index in [9.17, 15) is 19.2 Å². The average Bonchev–Trinajstić information content (AvgIpc) is 3.27. The second-order valence-corrected chi connectivity index (χ2v) is 8.36. The monoisotopic (exact) mass is 431 g/mol. The standard InChI is InChI=1S/C23H33N3O5/c1-3-13-26-18-9-5-6-11-23(18,22(30)31-4-2)17(21(26)29)16-19(27)24-12-8-15-25-14-7-10-20(25)28/h3,9,17H,1,4-8,10-16H2,2H3,(H,24,27)/t17-,23-/m0/s1. The quantitative estimate of drug-likeness (QED) is 0.323. The summed E-state index contributed by atoms with van der Waals surface area (Å²) in [6.45, 7) is 7.81. The van der Waals surface area contributed by atoms with Gasteiger partial charge in [0, 0.05) is 44.7 Å². The Morgan fingerprint density at radius 2 is 2.16 bits per heavy atom. The normalized spacial score (nSPS) is 25.3. The fourth-order valence-corrected chi connectivity index (χ4v) is 5.03. The van der Waals surface area contributed by atoms with E-state index >= 15 is 0 Å². The van der Waals surface area contributed by atoms with Gasteiger partial charge in [0.15, 0.2) is 0 Å². The maximum Gasteiger partial charge on any atom is 0.318 e.